The van der Waals surface area contributed by atoms with Crippen LogP contribution < -0.4 is 5.32 Å². The lowest BCUT2D eigenvalue weighted by Crippen LogP contribution is -2.45. The van der Waals surface area contributed by atoms with Crippen molar-refractivity contribution < 1.29 is 4.79 Å². The van der Waals surface area contributed by atoms with Crippen LogP contribution >= 0.6 is 0 Å². The first-order chi connectivity index (χ1) is 10.2. The lowest BCUT2D eigenvalue weighted by Gasteiger charge is -2.35. The molecule has 120 valence electrons. The number of piperidine rings is 1. The zero-order valence-corrected chi connectivity index (χ0v) is 14.2. The summed E-state index contributed by atoms with van der Waals surface area (Å²) in [7, 11) is 0. The highest BCUT2D eigenvalue weighted by Gasteiger charge is 2.27. The number of anilines is 1. The Morgan fingerprint density at radius 3 is 2.41 bits per heavy atom. The fraction of sp³-hybridized carbons (Fsp3) is 0.647. The quantitative estimate of drug-likeness (QED) is 0.861. The molecule has 22 heavy (non-hydrogen) atoms. The number of hydrogen-bond acceptors (Lipinski definition) is 2. The fourth-order valence-corrected chi connectivity index (χ4v) is 3.19. The van der Waals surface area contributed by atoms with E-state index in [1.165, 1.54) is 6.42 Å². The van der Waals surface area contributed by atoms with Crippen LogP contribution in [0.3, 0.4) is 0 Å². The second-order valence-corrected chi connectivity index (χ2v) is 7.55. The Kier molecular flexibility index (Phi) is 4.50. The third-order valence-electron chi connectivity index (χ3n) is 4.06. The molecular weight excluding hydrogens is 276 g/mol. The van der Waals surface area contributed by atoms with E-state index in [1.54, 1.807) is 12.3 Å². The van der Waals surface area contributed by atoms with Gasteiger partial charge in [-0.3, -0.25) is 5.32 Å². The summed E-state index contributed by atoms with van der Waals surface area (Å²) < 4.78 is 1.94. The van der Waals surface area contributed by atoms with Crippen molar-refractivity contribution in [3.8, 4) is 6.07 Å². The van der Waals surface area contributed by atoms with E-state index in [0.29, 0.717) is 23.2 Å². The van der Waals surface area contributed by atoms with Gasteiger partial charge < -0.3 is 9.47 Å². The molecule has 1 aliphatic heterocycles. The van der Waals surface area contributed by atoms with Gasteiger partial charge in [0.2, 0.25) is 0 Å². The topological polar surface area (TPSA) is 61.1 Å². The molecule has 1 saturated heterocycles. The minimum absolute atomic E-state index is 0.0773. The number of carbonyl (C=O) groups excluding carboxylic acids is 1. The first kappa shape index (κ1) is 16.4. The summed E-state index contributed by atoms with van der Waals surface area (Å²) in [5.41, 5.74) is 0.366. The number of likely N-dealkylation sites (tertiary alicyclic amines) is 1. The lowest BCUT2D eigenvalue weighted by atomic mass is 9.92. The minimum Gasteiger partial charge on any atom is -0.328 e. The molecule has 1 aromatic heterocycles. The highest BCUT2D eigenvalue weighted by molar-refractivity contribution is 5.89. The molecule has 2 heterocycles. The summed E-state index contributed by atoms with van der Waals surface area (Å²) >= 11 is 0. The summed E-state index contributed by atoms with van der Waals surface area (Å²) in [6, 6.07) is 3.80. The number of aromatic nitrogens is 1. The Balaban J connectivity index is 2.18. The minimum atomic E-state index is -0.194. The number of nitriles is 1. The number of hydrogen-bond donors (Lipinski definition) is 1. The van der Waals surface area contributed by atoms with Crippen LogP contribution in [0.4, 0.5) is 10.6 Å². The molecule has 2 rings (SSSR count). The Bertz CT molecular complexity index is 581. The van der Waals surface area contributed by atoms with Crippen molar-refractivity contribution in [2.24, 2.45) is 11.8 Å². The third-order valence-corrected chi connectivity index (χ3v) is 4.06. The second kappa shape index (κ2) is 6.04. The van der Waals surface area contributed by atoms with Crippen LogP contribution in [-0.2, 0) is 5.54 Å². The van der Waals surface area contributed by atoms with Gasteiger partial charge in [0.05, 0.1) is 5.56 Å². The second-order valence-electron chi connectivity index (χ2n) is 7.55. The van der Waals surface area contributed by atoms with Crippen molar-refractivity contribution in [3.63, 3.8) is 0 Å². The molecule has 5 nitrogen and oxygen atoms in total. The average molecular weight is 302 g/mol. The Hall–Kier alpha value is -1.96. The zero-order chi connectivity index (χ0) is 16.5. The maximum atomic E-state index is 12.6. The van der Waals surface area contributed by atoms with Crippen molar-refractivity contribution in [1.29, 1.82) is 5.26 Å². The summed E-state index contributed by atoms with van der Waals surface area (Å²) in [5.74, 6) is 1.73. The number of urea groups is 1. The van der Waals surface area contributed by atoms with E-state index in [2.05, 4.69) is 46.0 Å². The molecule has 2 amide bonds. The molecule has 1 N–H and O–H groups in total. The normalized spacial score (nSPS) is 22.3. The number of rotatable bonds is 1. The number of amides is 2. The average Bonchev–Trinajstić information content (AvgIpc) is 2.80. The summed E-state index contributed by atoms with van der Waals surface area (Å²) in [6.45, 7) is 12.1. The van der Waals surface area contributed by atoms with E-state index in [1.807, 2.05) is 9.47 Å². The van der Waals surface area contributed by atoms with Crippen LogP contribution in [0, 0.1) is 23.2 Å². The summed E-state index contributed by atoms with van der Waals surface area (Å²) in [4.78, 5) is 14.4. The van der Waals surface area contributed by atoms with Gasteiger partial charge in [0.1, 0.15) is 11.9 Å². The maximum absolute atomic E-state index is 12.6. The van der Waals surface area contributed by atoms with Gasteiger partial charge in [0.15, 0.2) is 0 Å². The van der Waals surface area contributed by atoms with Crippen LogP contribution in [0.25, 0.3) is 0 Å². The molecule has 0 radical (unpaired) electrons. The van der Waals surface area contributed by atoms with Gasteiger partial charge in [0, 0.05) is 24.8 Å². The van der Waals surface area contributed by atoms with Crippen molar-refractivity contribution in [2.45, 2.75) is 46.6 Å². The van der Waals surface area contributed by atoms with Crippen LogP contribution in [0.2, 0.25) is 0 Å². The molecule has 0 unspecified atom stereocenters. The Labute approximate surface area is 132 Å². The van der Waals surface area contributed by atoms with Crippen LogP contribution in [0.1, 0.15) is 46.6 Å². The van der Waals surface area contributed by atoms with Gasteiger partial charge in [-0.05, 0) is 45.1 Å². The Morgan fingerprint density at radius 2 is 1.91 bits per heavy atom. The van der Waals surface area contributed by atoms with Gasteiger partial charge in [-0.15, -0.1) is 0 Å². The van der Waals surface area contributed by atoms with E-state index in [9.17, 15) is 4.79 Å². The first-order valence-electron chi connectivity index (χ1n) is 7.89. The highest BCUT2D eigenvalue weighted by atomic mass is 16.2. The van der Waals surface area contributed by atoms with E-state index < -0.39 is 0 Å². The van der Waals surface area contributed by atoms with Crippen molar-refractivity contribution >= 4 is 11.8 Å². The van der Waals surface area contributed by atoms with E-state index in [4.69, 9.17) is 5.26 Å². The van der Waals surface area contributed by atoms with Gasteiger partial charge in [-0.2, -0.15) is 5.26 Å². The molecule has 1 aliphatic rings. The Morgan fingerprint density at radius 1 is 1.32 bits per heavy atom. The lowest BCUT2D eigenvalue weighted by molar-refractivity contribution is 0.156. The molecule has 1 fully saturated rings. The van der Waals surface area contributed by atoms with E-state index >= 15 is 0 Å². The van der Waals surface area contributed by atoms with Crippen LogP contribution in [-0.4, -0.2) is 28.6 Å². The van der Waals surface area contributed by atoms with E-state index in [-0.39, 0.29) is 11.6 Å². The van der Waals surface area contributed by atoms with Gasteiger partial charge >= 0.3 is 6.03 Å². The van der Waals surface area contributed by atoms with Gasteiger partial charge in [0.25, 0.3) is 0 Å². The molecular formula is C17H26N4O. The molecule has 0 saturated carbocycles. The van der Waals surface area contributed by atoms with Crippen molar-refractivity contribution in [3.05, 3.63) is 17.8 Å². The SMILES string of the molecule is C[C@@H]1C[C@H](C)CN(C(=O)Nc2cc(C#N)cn2C(C)(C)C)C1. The molecule has 0 bridgehead atoms. The molecule has 0 aromatic carbocycles. The molecule has 0 spiro atoms. The van der Waals surface area contributed by atoms with Crippen LogP contribution in [0.5, 0.6) is 0 Å². The smallest absolute Gasteiger partial charge is 0.322 e. The van der Waals surface area contributed by atoms with Gasteiger partial charge in [-0.25, -0.2) is 4.79 Å². The van der Waals surface area contributed by atoms with E-state index in [0.717, 1.165) is 13.1 Å². The molecule has 5 heteroatoms. The third kappa shape index (κ3) is 3.62. The monoisotopic (exact) mass is 302 g/mol. The maximum Gasteiger partial charge on any atom is 0.322 e. The zero-order valence-electron chi connectivity index (χ0n) is 14.2. The first-order valence-corrected chi connectivity index (χ1v) is 7.89. The molecule has 0 aliphatic carbocycles. The molecule has 2 atom stereocenters. The standard InChI is InChI=1S/C17H26N4O/c1-12-6-13(2)10-20(9-12)16(22)19-15-7-14(8-18)11-21(15)17(3,4)5/h7,11-13H,6,9-10H2,1-5H3,(H,19,22)/t12-,13+. The predicted molar refractivity (Wildman–Crippen MR) is 87.7 cm³/mol. The number of carbonyl (C=O) groups is 1. The molecule has 1 aromatic rings. The number of nitrogens with one attached hydrogen (secondary N) is 1. The predicted octanol–water partition coefficient (Wildman–Crippen LogP) is 3.62. The summed E-state index contributed by atoms with van der Waals surface area (Å²) in [6.07, 6.45) is 2.96. The summed E-state index contributed by atoms with van der Waals surface area (Å²) in [5, 5.41) is 12.1. The highest BCUT2D eigenvalue weighted by Crippen LogP contribution is 2.26. The fourth-order valence-electron chi connectivity index (χ4n) is 3.19. The number of nitrogens with zero attached hydrogens (tertiary/aromatic N) is 3. The van der Waals surface area contributed by atoms with Crippen molar-refractivity contribution in [2.75, 3.05) is 18.4 Å². The largest absolute Gasteiger partial charge is 0.328 e. The van der Waals surface area contributed by atoms with Crippen molar-refractivity contribution in [1.82, 2.24) is 9.47 Å². The van der Waals surface area contributed by atoms with Gasteiger partial charge in [-0.1, -0.05) is 13.8 Å². The van der Waals surface area contributed by atoms with Crippen LogP contribution in [0.15, 0.2) is 12.3 Å².